The van der Waals surface area contributed by atoms with Crippen molar-refractivity contribution < 1.29 is 0 Å². The maximum atomic E-state index is 6.11. The van der Waals surface area contributed by atoms with Gasteiger partial charge in [0.15, 0.2) is 0 Å². The Balaban J connectivity index is 2.05. The number of benzene rings is 2. The molecule has 2 rings (SSSR count). The summed E-state index contributed by atoms with van der Waals surface area (Å²) in [5, 5.41) is 0. The third kappa shape index (κ3) is 3.28. The fourth-order valence-electron chi connectivity index (χ4n) is 2.47. The molecule has 0 aliphatic carbocycles. The van der Waals surface area contributed by atoms with Gasteiger partial charge in [-0.3, -0.25) is 0 Å². The Bertz CT molecular complexity index is 532. The third-order valence-corrected chi connectivity index (χ3v) is 3.60. The average Bonchev–Trinajstić information content (AvgIpc) is 2.45. The number of rotatable bonds is 5. The van der Waals surface area contributed by atoms with E-state index in [0.717, 1.165) is 31.4 Å². The highest BCUT2D eigenvalue weighted by molar-refractivity contribution is 5.69. The van der Waals surface area contributed by atoms with Gasteiger partial charge in [-0.15, -0.1) is 0 Å². The van der Waals surface area contributed by atoms with Crippen LogP contribution in [0.3, 0.4) is 0 Å². The highest BCUT2D eigenvalue weighted by Gasteiger charge is 2.08. The number of hydrogen-bond donors (Lipinski definition) is 2. The maximum Gasteiger partial charge on any atom is 0.0583 e. The van der Waals surface area contributed by atoms with Crippen LogP contribution in [0.15, 0.2) is 42.5 Å². The van der Waals surface area contributed by atoms with Crippen LogP contribution in [0.2, 0.25) is 0 Å². The fourth-order valence-corrected chi connectivity index (χ4v) is 2.47. The van der Waals surface area contributed by atoms with Gasteiger partial charge in [-0.25, -0.2) is 0 Å². The van der Waals surface area contributed by atoms with E-state index < -0.39 is 0 Å². The number of nitrogen functional groups attached to an aromatic ring is 2. The molecule has 2 heteroatoms. The van der Waals surface area contributed by atoms with Gasteiger partial charge in [0, 0.05) is 0 Å². The molecule has 0 aliphatic rings. The number of aryl methyl sites for hydroxylation is 2. The standard InChI is InChI=1S/C17H22N2/c1-2-14-11-12-16(18)17(19)15(14)10-6-9-13-7-4-3-5-8-13/h3-5,7-8,11-12H,2,6,9-10,18-19H2,1H3. The molecule has 0 spiro atoms. The van der Waals surface area contributed by atoms with Crippen LogP contribution >= 0.6 is 0 Å². The molecule has 19 heavy (non-hydrogen) atoms. The summed E-state index contributed by atoms with van der Waals surface area (Å²) in [6.07, 6.45) is 4.18. The molecule has 0 amide bonds. The lowest BCUT2D eigenvalue weighted by Crippen LogP contribution is -2.04. The Hall–Kier alpha value is -1.96. The summed E-state index contributed by atoms with van der Waals surface area (Å²) in [4.78, 5) is 0. The molecule has 0 saturated heterocycles. The second kappa shape index (κ2) is 6.28. The van der Waals surface area contributed by atoms with Crippen molar-refractivity contribution >= 4 is 11.4 Å². The van der Waals surface area contributed by atoms with Crippen LogP contribution in [0.25, 0.3) is 0 Å². The smallest absolute Gasteiger partial charge is 0.0583 e. The number of nitrogens with two attached hydrogens (primary N) is 2. The molecule has 4 N–H and O–H groups in total. The first kappa shape index (κ1) is 13.5. The SMILES string of the molecule is CCc1ccc(N)c(N)c1CCCc1ccccc1. The fraction of sp³-hybridized carbons (Fsp3) is 0.294. The minimum atomic E-state index is 0.701. The summed E-state index contributed by atoms with van der Waals surface area (Å²) < 4.78 is 0. The molecule has 0 heterocycles. The van der Waals surface area contributed by atoms with Crippen LogP contribution in [0.1, 0.15) is 30.0 Å². The van der Waals surface area contributed by atoms with Crippen molar-refractivity contribution in [3.05, 3.63) is 59.2 Å². The molecule has 0 bridgehead atoms. The van der Waals surface area contributed by atoms with Crippen molar-refractivity contribution in [2.45, 2.75) is 32.6 Å². The Labute approximate surface area is 115 Å². The van der Waals surface area contributed by atoms with Gasteiger partial charge in [0.25, 0.3) is 0 Å². The van der Waals surface area contributed by atoms with Crippen LogP contribution < -0.4 is 11.5 Å². The second-order valence-electron chi connectivity index (χ2n) is 4.90. The normalized spacial score (nSPS) is 10.6. The lowest BCUT2D eigenvalue weighted by atomic mass is 9.96. The van der Waals surface area contributed by atoms with Gasteiger partial charge in [0.2, 0.25) is 0 Å². The molecular weight excluding hydrogens is 232 g/mol. The van der Waals surface area contributed by atoms with Gasteiger partial charge in [-0.05, 0) is 48.4 Å². The van der Waals surface area contributed by atoms with E-state index in [2.05, 4.69) is 43.3 Å². The largest absolute Gasteiger partial charge is 0.397 e. The molecule has 2 nitrogen and oxygen atoms in total. The van der Waals surface area contributed by atoms with E-state index in [9.17, 15) is 0 Å². The molecule has 2 aromatic rings. The Kier molecular flexibility index (Phi) is 4.45. The van der Waals surface area contributed by atoms with Crippen molar-refractivity contribution in [2.75, 3.05) is 11.5 Å². The second-order valence-corrected chi connectivity index (χ2v) is 4.90. The van der Waals surface area contributed by atoms with E-state index in [-0.39, 0.29) is 0 Å². The van der Waals surface area contributed by atoms with Crippen LogP contribution in [0, 0.1) is 0 Å². The van der Waals surface area contributed by atoms with Gasteiger partial charge in [-0.2, -0.15) is 0 Å². The van der Waals surface area contributed by atoms with Gasteiger partial charge in [0.1, 0.15) is 0 Å². The molecule has 0 fully saturated rings. The van der Waals surface area contributed by atoms with E-state index in [4.69, 9.17) is 11.5 Å². The van der Waals surface area contributed by atoms with Gasteiger partial charge >= 0.3 is 0 Å². The molecule has 2 aromatic carbocycles. The first-order valence-electron chi connectivity index (χ1n) is 6.92. The predicted octanol–water partition coefficient (Wildman–Crippen LogP) is 3.59. The average molecular weight is 254 g/mol. The van der Waals surface area contributed by atoms with E-state index in [0.29, 0.717) is 5.69 Å². The van der Waals surface area contributed by atoms with E-state index in [1.807, 2.05) is 6.07 Å². The van der Waals surface area contributed by atoms with Gasteiger partial charge in [0.05, 0.1) is 11.4 Å². The molecule has 0 atom stereocenters. The quantitative estimate of drug-likeness (QED) is 0.801. The van der Waals surface area contributed by atoms with Crippen LogP contribution in [0.4, 0.5) is 11.4 Å². The van der Waals surface area contributed by atoms with Crippen molar-refractivity contribution in [3.8, 4) is 0 Å². The summed E-state index contributed by atoms with van der Waals surface area (Å²) in [7, 11) is 0. The molecule has 0 aliphatic heterocycles. The lowest BCUT2D eigenvalue weighted by Gasteiger charge is -2.13. The predicted molar refractivity (Wildman–Crippen MR) is 83.1 cm³/mol. The third-order valence-electron chi connectivity index (χ3n) is 3.60. The summed E-state index contributed by atoms with van der Waals surface area (Å²) in [5.74, 6) is 0. The van der Waals surface area contributed by atoms with Crippen molar-refractivity contribution in [1.82, 2.24) is 0 Å². The van der Waals surface area contributed by atoms with Crippen LogP contribution in [-0.4, -0.2) is 0 Å². The monoisotopic (exact) mass is 254 g/mol. The molecule has 100 valence electrons. The van der Waals surface area contributed by atoms with Crippen LogP contribution in [-0.2, 0) is 19.3 Å². The minimum Gasteiger partial charge on any atom is -0.397 e. The topological polar surface area (TPSA) is 52.0 Å². The molecular formula is C17H22N2. The zero-order valence-electron chi connectivity index (χ0n) is 11.5. The van der Waals surface area contributed by atoms with Crippen molar-refractivity contribution in [2.24, 2.45) is 0 Å². The molecule has 0 unspecified atom stereocenters. The summed E-state index contributed by atoms with van der Waals surface area (Å²) >= 11 is 0. The molecule has 0 aromatic heterocycles. The zero-order chi connectivity index (χ0) is 13.7. The number of hydrogen-bond acceptors (Lipinski definition) is 2. The van der Waals surface area contributed by atoms with E-state index >= 15 is 0 Å². The Morgan fingerprint density at radius 3 is 2.32 bits per heavy atom. The Morgan fingerprint density at radius 2 is 1.63 bits per heavy atom. The summed E-state index contributed by atoms with van der Waals surface area (Å²) in [5.41, 5.74) is 17.4. The van der Waals surface area contributed by atoms with E-state index in [1.165, 1.54) is 16.7 Å². The van der Waals surface area contributed by atoms with E-state index in [1.54, 1.807) is 0 Å². The van der Waals surface area contributed by atoms with Gasteiger partial charge < -0.3 is 11.5 Å². The van der Waals surface area contributed by atoms with Crippen LogP contribution in [0.5, 0.6) is 0 Å². The highest BCUT2D eigenvalue weighted by Crippen LogP contribution is 2.26. The lowest BCUT2D eigenvalue weighted by molar-refractivity contribution is 0.813. The van der Waals surface area contributed by atoms with Crippen molar-refractivity contribution in [1.29, 1.82) is 0 Å². The highest BCUT2D eigenvalue weighted by atomic mass is 14.7. The first-order chi connectivity index (χ1) is 9.22. The summed E-state index contributed by atoms with van der Waals surface area (Å²) in [6, 6.07) is 14.6. The minimum absolute atomic E-state index is 0.701. The van der Waals surface area contributed by atoms with Gasteiger partial charge in [-0.1, -0.05) is 43.3 Å². The van der Waals surface area contributed by atoms with Crippen molar-refractivity contribution in [3.63, 3.8) is 0 Å². The zero-order valence-corrected chi connectivity index (χ0v) is 11.5. The maximum absolute atomic E-state index is 6.11. The summed E-state index contributed by atoms with van der Waals surface area (Å²) in [6.45, 7) is 2.16. The Morgan fingerprint density at radius 1 is 0.895 bits per heavy atom. The number of anilines is 2. The first-order valence-corrected chi connectivity index (χ1v) is 6.92. The molecule has 0 radical (unpaired) electrons. The molecule has 0 saturated carbocycles.